The molecule has 1 aromatic heterocycles. The third-order valence-corrected chi connectivity index (χ3v) is 6.95. The summed E-state index contributed by atoms with van der Waals surface area (Å²) in [5.41, 5.74) is 5.22. The van der Waals surface area contributed by atoms with Crippen LogP contribution in [0.15, 0.2) is 42.6 Å². The van der Waals surface area contributed by atoms with Crippen molar-refractivity contribution in [2.75, 3.05) is 42.5 Å². The topological polar surface area (TPSA) is 39.7 Å². The number of benzene rings is 1. The number of aryl methyl sites for hydroxylation is 1. The van der Waals surface area contributed by atoms with Crippen molar-refractivity contribution in [2.45, 2.75) is 38.6 Å². The van der Waals surface area contributed by atoms with Gasteiger partial charge < -0.3 is 14.7 Å². The molecule has 0 radical (unpaired) electrons. The van der Waals surface area contributed by atoms with Crippen LogP contribution in [-0.4, -0.2) is 54.6 Å². The second kappa shape index (κ2) is 7.78. The summed E-state index contributed by atoms with van der Waals surface area (Å²) in [4.78, 5) is 24.6. The highest BCUT2D eigenvalue weighted by Crippen LogP contribution is 2.46. The van der Waals surface area contributed by atoms with Crippen LogP contribution in [0.2, 0.25) is 0 Å². The van der Waals surface area contributed by atoms with Gasteiger partial charge >= 0.3 is 0 Å². The van der Waals surface area contributed by atoms with E-state index in [1.165, 1.54) is 22.4 Å². The Bertz CT molecular complexity index is 977. The molecule has 5 rings (SSSR count). The van der Waals surface area contributed by atoms with Crippen LogP contribution in [0.5, 0.6) is 0 Å². The van der Waals surface area contributed by atoms with Gasteiger partial charge in [-0.2, -0.15) is 0 Å². The first-order chi connectivity index (χ1) is 14.6. The van der Waals surface area contributed by atoms with E-state index in [1.54, 1.807) is 0 Å². The quantitative estimate of drug-likeness (QED) is 0.782. The summed E-state index contributed by atoms with van der Waals surface area (Å²) >= 11 is 0. The lowest BCUT2D eigenvalue weighted by molar-refractivity contribution is -0.132. The summed E-state index contributed by atoms with van der Waals surface area (Å²) in [6.45, 7) is 8.65. The Hall–Kier alpha value is -2.82. The molecular formula is C25H30N4O. The minimum Gasteiger partial charge on any atom is -0.367 e. The molecule has 0 bridgehead atoms. The largest absolute Gasteiger partial charge is 0.367 e. The van der Waals surface area contributed by atoms with Gasteiger partial charge in [-0.05, 0) is 49.1 Å². The third kappa shape index (κ3) is 3.36. The maximum absolute atomic E-state index is 13.2. The Morgan fingerprint density at radius 1 is 1.13 bits per heavy atom. The molecule has 1 fully saturated rings. The summed E-state index contributed by atoms with van der Waals surface area (Å²) in [5.74, 6) is 1.58. The first-order valence-electron chi connectivity index (χ1n) is 11.1. The number of pyridine rings is 1. The second-order valence-electron chi connectivity index (χ2n) is 8.78. The number of rotatable bonds is 3. The predicted octanol–water partition coefficient (Wildman–Crippen LogP) is 3.84. The summed E-state index contributed by atoms with van der Waals surface area (Å²) in [6.07, 6.45) is 8.04. The maximum atomic E-state index is 13.2. The van der Waals surface area contributed by atoms with Gasteiger partial charge in [0, 0.05) is 63.0 Å². The molecule has 30 heavy (non-hydrogen) atoms. The summed E-state index contributed by atoms with van der Waals surface area (Å²) < 4.78 is 0. The number of aromatic nitrogens is 1. The second-order valence-corrected chi connectivity index (χ2v) is 8.78. The summed E-state index contributed by atoms with van der Waals surface area (Å²) in [7, 11) is 0. The molecule has 5 nitrogen and oxygen atoms in total. The van der Waals surface area contributed by atoms with Crippen molar-refractivity contribution in [3.63, 3.8) is 0 Å². The van der Waals surface area contributed by atoms with E-state index in [4.69, 9.17) is 0 Å². The van der Waals surface area contributed by atoms with Crippen molar-refractivity contribution >= 4 is 23.5 Å². The smallest absolute Gasteiger partial charge is 0.223 e. The van der Waals surface area contributed by atoms with E-state index in [1.807, 2.05) is 12.3 Å². The van der Waals surface area contributed by atoms with Crippen molar-refractivity contribution in [3.8, 4) is 0 Å². The number of nitrogens with zero attached hydrogens (tertiary/aromatic N) is 4. The zero-order valence-electron chi connectivity index (χ0n) is 17.9. The fourth-order valence-corrected chi connectivity index (χ4v) is 5.24. The highest BCUT2D eigenvalue weighted by Gasteiger charge is 2.38. The molecule has 1 amide bonds. The number of carbonyl (C=O) groups excluding carboxylic acids is 1. The average Bonchev–Trinajstić information content (AvgIpc) is 2.91. The van der Waals surface area contributed by atoms with Gasteiger partial charge in [-0.25, -0.2) is 4.98 Å². The molecule has 1 aromatic carbocycles. The van der Waals surface area contributed by atoms with Gasteiger partial charge in [-0.1, -0.05) is 30.4 Å². The van der Waals surface area contributed by atoms with Crippen LogP contribution in [0.4, 0.5) is 11.5 Å². The van der Waals surface area contributed by atoms with Gasteiger partial charge in [0.1, 0.15) is 5.82 Å². The monoisotopic (exact) mass is 402 g/mol. The van der Waals surface area contributed by atoms with Gasteiger partial charge in [0.25, 0.3) is 0 Å². The summed E-state index contributed by atoms with van der Waals surface area (Å²) in [6, 6.07) is 11.1. The zero-order chi connectivity index (χ0) is 20.7. The molecule has 5 heteroatoms. The number of anilines is 2. The lowest BCUT2D eigenvalue weighted by Crippen LogP contribution is -2.49. The molecule has 156 valence electrons. The van der Waals surface area contributed by atoms with Gasteiger partial charge in [-0.3, -0.25) is 4.79 Å². The lowest BCUT2D eigenvalue weighted by atomic mass is 9.91. The number of para-hydroxylation sites is 1. The van der Waals surface area contributed by atoms with Crippen LogP contribution in [-0.2, 0) is 4.79 Å². The molecule has 0 aliphatic carbocycles. The molecule has 3 aliphatic rings. The maximum Gasteiger partial charge on any atom is 0.223 e. The first kappa shape index (κ1) is 19.2. The van der Waals surface area contributed by atoms with Crippen LogP contribution in [0.3, 0.4) is 0 Å². The van der Waals surface area contributed by atoms with E-state index in [9.17, 15) is 4.79 Å². The molecule has 0 N–H and O–H groups in total. The van der Waals surface area contributed by atoms with E-state index < -0.39 is 0 Å². The molecule has 2 atom stereocenters. The fourth-order valence-electron chi connectivity index (χ4n) is 5.24. The Morgan fingerprint density at radius 3 is 2.77 bits per heavy atom. The number of carbonyl (C=O) groups is 1. The van der Waals surface area contributed by atoms with Crippen molar-refractivity contribution in [3.05, 3.63) is 59.3 Å². The Labute approximate surface area is 179 Å². The summed E-state index contributed by atoms with van der Waals surface area (Å²) in [5, 5.41) is 0. The molecule has 0 spiro atoms. The number of hydrogen-bond donors (Lipinski definition) is 0. The Kier molecular flexibility index (Phi) is 4.97. The highest BCUT2D eigenvalue weighted by atomic mass is 16.2. The Morgan fingerprint density at radius 2 is 1.97 bits per heavy atom. The van der Waals surface area contributed by atoms with Crippen molar-refractivity contribution in [1.29, 1.82) is 0 Å². The molecule has 0 saturated carbocycles. The average molecular weight is 403 g/mol. The molecule has 3 aliphatic heterocycles. The van der Waals surface area contributed by atoms with E-state index in [0.717, 1.165) is 45.0 Å². The van der Waals surface area contributed by atoms with E-state index in [-0.39, 0.29) is 11.8 Å². The van der Waals surface area contributed by atoms with Crippen LogP contribution >= 0.6 is 0 Å². The normalized spacial score (nSPS) is 22.8. The van der Waals surface area contributed by atoms with E-state index >= 15 is 0 Å². The number of hydrogen-bond acceptors (Lipinski definition) is 4. The van der Waals surface area contributed by atoms with Crippen LogP contribution in [0, 0.1) is 6.92 Å². The molecule has 1 saturated heterocycles. The zero-order valence-corrected chi connectivity index (χ0v) is 17.9. The van der Waals surface area contributed by atoms with Crippen LogP contribution < -0.4 is 9.80 Å². The molecular weight excluding hydrogens is 372 g/mol. The van der Waals surface area contributed by atoms with Crippen molar-refractivity contribution in [2.24, 2.45) is 0 Å². The first-order valence-corrected chi connectivity index (χ1v) is 11.1. The predicted molar refractivity (Wildman–Crippen MR) is 122 cm³/mol. The van der Waals surface area contributed by atoms with E-state index in [0.29, 0.717) is 12.5 Å². The van der Waals surface area contributed by atoms with Crippen molar-refractivity contribution < 1.29 is 4.79 Å². The Balaban J connectivity index is 1.27. The number of piperazine rings is 1. The lowest BCUT2D eigenvalue weighted by Gasteiger charge is -2.36. The minimum atomic E-state index is 0.274. The molecule has 4 heterocycles. The van der Waals surface area contributed by atoms with Gasteiger partial charge in [0.05, 0.1) is 0 Å². The van der Waals surface area contributed by atoms with Crippen LogP contribution in [0.25, 0.3) is 6.08 Å². The molecule has 2 aromatic rings. The standard InChI is InChI=1S/C25H30N4O/c1-18-9-10-26-23(16-18)27-12-14-28(15-13-27)24(30)17-22-19(2)29-11-4-3-6-20-7-5-8-21(22)25(20)29/h3,5-10,16,19,22H,4,11-15,17H2,1-2H3. The van der Waals surface area contributed by atoms with Gasteiger partial charge in [-0.15, -0.1) is 0 Å². The van der Waals surface area contributed by atoms with Gasteiger partial charge in [0.2, 0.25) is 5.91 Å². The van der Waals surface area contributed by atoms with Gasteiger partial charge in [0.15, 0.2) is 0 Å². The highest BCUT2D eigenvalue weighted by molar-refractivity contribution is 5.81. The van der Waals surface area contributed by atoms with E-state index in [2.05, 4.69) is 69.9 Å². The molecule has 2 unspecified atom stereocenters. The number of amides is 1. The third-order valence-electron chi connectivity index (χ3n) is 6.95. The SMILES string of the molecule is Cc1ccnc(N2CCN(C(=O)CC3c4cccc5c4N(CCC=C5)C3C)CC2)c1. The van der Waals surface area contributed by atoms with Crippen molar-refractivity contribution in [1.82, 2.24) is 9.88 Å². The fraction of sp³-hybridized carbons (Fsp3) is 0.440. The minimum absolute atomic E-state index is 0.274. The van der Waals surface area contributed by atoms with Crippen LogP contribution in [0.1, 0.15) is 42.4 Å².